The lowest BCUT2D eigenvalue weighted by atomic mass is 10.1. The monoisotopic (exact) mass is 366 g/mol. The van der Waals surface area contributed by atoms with E-state index in [4.69, 9.17) is 0 Å². The van der Waals surface area contributed by atoms with Crippen LogP contribution in [0.15, 0.2) is 28.7 Å². The van der Waals surface area contributed by atoms with Crippen LogP contribution in [0.4, 0.5) is 4.39 Å². The number of ketones is 1. The Bertz CT molecular complexity index is 654. The number of Topliss-reactive ketones (excluding diaryl/α,β-unsaturated/α-hetero) is 1. The molecule has 0 fully saturated rings. The van der Waals surface area contributed by atoms with Crippen LogP contribution in [-0.4, -0.2) is 5.78 Å². The van der Waals surface area contributed by atoms with Crippen molar-refractivity contribution >= 4 is 33.0 Å². The van der Waals surface area contributed by atoms with Crippen LogP contribution in [0, 0.1) is 5.82 Å². The number of carbonyl (C=O) groups is 1. The van der Waals surface area contributed by atoms with Crippen LogP contribution in [0.25, 0.3) is 0 Å². The van der Waals surface area contributed by atoms with E-state index in [-0.39, 0.29) is 11.6 Å². The molecule has 0 N–H and O–H groups in total. The molecule has 0 amide bonds. The third-order valence-corrected chi connectivity index (χ3v) is 5.90. The summed E-state index contributed by atoms with van der Waals surface area (Å²) in [6, 6.07) is 6.56. The normalized spacial score (nSPS) is 14.6. The lowest BCUT2D eigenvalue weighted by Crippen LogP contribution is -2.02. The molecule has 4 heteroatoms. The number of hydrogen-bond acceptors (Lipinski definition) is 2. The molecule has 0 radical (unpaired) electrons. The molecule has 0 bridgehead atoms. The second-order valence-electron chi connectivity index (χ2n) is 5.46. The van der Waals surface area contributed by atoms with Crippen LogP contribution >= 0.6 is 27.3 Å². The van der Waals surface area contributed by atoms with Gasteiger partial charge in [-0.25, -0.2) is 4.39 Å². The second kappa shape index (κ2) is 6.41. The topological polar surface area (TPSA) is 17.1 Å². The Morgan fingerprint density at radius 3 is 2.81 bits per heavy atom. The fraction of sp³-hybridized carbons (Fsp3) is 0.353. The van der Waals surface area contributed by atoms with Crippen molar-refractivity contribution in [1.29, 1.82) is 0 Å². The minimum Gasteiger partial charge on any atom is -0.293 e. The third-order valence-electron chi connectivity index (χ3n) is 3.89. The maximum atomic E-state index is 13.1. The molecule has 0 spiro atoms. The first-order chi connectivity index (χ1) is 10.1. The quantitative estimate of drug-likeness (QED) is 0.528. The number of fused-ring (bicyclic) bond motifs is 1. The second-order valence-corrected chi connectivity index (χ2v) is 7.45. The average Bonchev–Trinajstić information content (AvgIpc) is 2.73. The van der Waals surface area contributed by atoms with Crippen LogP contribution in [0.5, 0.6) is 0 Å². The van der Waals surface area contributed by atoms with Crippen LogP contribution in [0.2, 0.25) is 0 Å². The Balaban J connectivity index is 1.79. The highest BCUT2D eigenvalue weighted by Gasteiger charge is 2.17. The fourth-order valence-corrected chi connectivity index (χ4v) is 4.41. The van der Waals surface area contributed by atoms with E-state index >= 15 is 0 Å². The number of rotatable bonds is 3. The smallest absolute Gasteiger partial charge is 0.177 e. The summed E-state index contributed by atoms with van der Waals surface area (Å²) in [5, 5.41) is 0. The molecule has 0 unspecified atom stereocenters. The first kappa shape index (κ1) is 14.9. The summed E-state index contributed by atoms with van der Waals surface area (Å²) in [6.45, 7) is 0. The van der Waals surface area contributed by atoms with Gasteiger partial charge in [0.25, 0.3) is 0 Å². The zero-order valence-electron chi connectivity index (χ0n) is 11.6. The molecule has 1 aliphatic rings. The largest absolute Gasteiger partial charge is 0.293 e. The summed E-state index contributed by atoms with van der Waals surface area (Å²) in [6.07, 6.45) is 6.26. The Morgan fingerprint density at radius 2 is 2.00 bits per heavy atom. The highest BCUT2D eigenvalue weighted by molar-refractivity contribution is 9.10. The molecule has 1 aromatic heterocycles. The fourth-order valence-electron chi connectivity index (χ4n) is 2.73. The molecule has 1 aliphatic carbocycles. The number of benzene rings is 1. The molecule has 21 heavy (non-hydrogen) atoms. The molecule has 0 saturated heterocycles. The van der Waals surface area contributed by atoms with Gasteiger partial charge in [-0.2, -0.15) is 0 Å². The molecule has 0 saturated carbocycles. The Morgan fingerprint density at radius 1 is 1.19 bits per heavy atom. The van der Waals surface area contributed by atoms with Gasteiger partial charge >= 0.3 is 0 Å². The zero-order valence-corrected chi connectivity index (χ0v) is 14.0. The van der Waals surface area contributed by atoms with Gasteiger partial charge in [-0.15, -0.1) is 11.3 Å². The summed E-state index contributed by atoms with van der Waals surface area (Å²) < 4.78 is 13.7. The molecular formula is C17H16BrFOS. The van der Waals surface area contributed by atoms with E-state index in [1.54, 1.807) is 17.4 Å². The van der Waals surface area contributed by atoms with Gasteiger partial charge in [0.1, 0.15) is 5.82 Å². The van der Waals surface area contributed by atoms with Crippen molar-refractivity contribution in [2.45, 2.75) is 38.5 Å². The van der Waals surface area contributed by atoms with Crippen molar-refractivity contribution < 1.29 is 9.18 Å². The lowest BCUT2D eigenvalue weighted by molar-refractivity contribution is 0.0996. The van der Waals surface area contributed by atoms with Crippen molar-refractivity contribution in [3.05, 3.63) is 55.4 Å². The van der Waals surface area contributed by atoms with Crippen molar-refractivity contribution in [2.75, 3.05) is 0 Å². The van der Waals surface area contributed by atoms with Gasteiger partial charge in [0.2, 0.25) is 0 Å². The number of carbonyl (C=O) groups excluding carboxylic acids is 1. The lowest BCUT2D eigenvalue weighted by Gasteiger charge is -2.03. The van der Waals surface area contributed by atoms with Gasteiger partial charge in [-0.05, 0) is 55.0 Å². The molecule has 0 aliphatic heterocycles. The molecule has 1 aromatic carbocycles. The van der Waals surface area contributed by atoms with Gasteiger partial charge < -0.3 is 0 Å². The summed E-state index contributed by atoms with van der Waals surface area (Å²) >= 11 is 4.97. The molecule has 3 rings (SSSR count). The number of aryl methyl sites for hydroxylation is 2. The molecule has 2 aromatic rings. The Hall–Kier alpha value is -1.00. The highest BCUT2D eigenvalue weighted by atomic mass is 79.9. The Kier molecular flexibility index (Phi) is 4.55. The van der Waals surface area contributed by atoms with Crippen molar-refractivity contribution in [3.63, 3.8) is 0 Å². The Labute approximate surface area is 136 Å². The van der Waals surface area contributed by atoms with Gasteiger partial charge in [-0.3, -0.25) is 4.79 Å². The van der Waals surface area contributed by atoms with Crippen molar-refractivity contribution in [2.24, 2.45) is 0 Å². The summed E-state index contributed by atoms with van der Waals surface area (Å²) in [5.41, 5.74) is 2.20. The predicted molar refractivity (Wildman–Crippen MR) is 87.7 cm³/mol. The SMILES string of the molecule is O=C(Cc1ccc(F)cc1Br)c1cc2c(s1)CCCCC2. The van der Waals surface area contributed by atoms with Crippen molar-refractivity contribution in [1.82, 2.24) is 0 Å². The first-order valence-electron chi connectivity index (χ1n) is 7.22. The molecular weight excluding hydrogens is 351 g/mol. The van der Waals surface area contributed by atoms with E-state index in [0.29, 0.717) is 10.9 Å². The maximum Gasteiger partial charge on any atom is 0.177 e. The summed E-state index contributed by atoms with van der Waals surface area (Å²) in [4.78, 5) is 14.7. The van der Waals surface area contributed by atoms with Gasteiger partial charge in [0, 0.05) is 15.8 Å². The van der Waals surface area contributed by atoms with Gasteiger partial charge in [0.05, 0.1) is 4.88 Å². The van der Waals surface area contributed by atoms with E-state index in [0.717, 1.165) is 23.3 Å². The average molecular weight is 367 g/mol. The van der Waals surface area contributed by atoms with Crippen LogP contribution < -0.4 is 0 Å². The standard InChI is InChI=1S/C17H16BrFOS/c18-14-10-13(19)7-6-11(14)8-15(20)17-9-12-4-2-1-3-5-16(12)21-17/h6-7,9-10H,1-5,8H2. The van der Waals surface area contributed by atoms with Gasteiger partial charge in [0.15, 0.2) is 5.78 Å². The highest BCUT2D eigenvalue weighted by Crippen LogP contribution is 2.30. The first-order valence-corrected chi connectivity index (χ1v) is 8.83. The van der Waals surface area contributed by atoms with E-state index < -0.39 is 0 Å². The maximum absolute atomic E-state index is 13.1. The predicted octanol–water partition coefficient (Wildman–Crippen LogP) is 5.34. The number of halogens is 2. The molecule has 1 nitrogen and oxygen atoms in total. The van der Waals surface area contributed by atoms with E-state index in [2.05, 4.69) is 22.0 Å². The number of hydrogen-bond donors (Lipinski definition) is 0. The van der Waals surface area contributed by atoms with E-state index in [1.807, 2.05) is 0 Å². The zero-order chi connectivity index (χ0) is 14.8. The number of thiophene rings is 1. The summed E-state index contributed by atoms with van der Waals surface area (Å²) in [5.74, 6) is -0.165. The van der Waals surface area contributed by atoms with Crippen LogP contribution in [-0.2, 0) is 19.3 Å². The van der Waals surface area contributed by atoms with E-state index in [1.165, 1.54) is 41.8 Å². The molecule has 110 valence electrons. The molecule has 1 heterocycles. The minimum absolute atomic E-state index is 0.125. The third kappa shape index (κ3) is 3.43. The summed E-state index contributed by atoms with van der Waals surface area (Å²) in [7, 11) is 0. The minimum atomic E-state index is -0.291. The van der Waals surface area contributed by atoms with Crippen molar-refractivity contribution in [3.8, 4) is 0 Å². The van der Waals surface area contributed by atoms with Gasteiger partial charge in [-0.1, -0.05) is 28.4 Å². The molecule has 0 atom stereocenters. The van der Waals surface area contributed by atoms with Crippen LogP contribution in [0.1, 0.15) is 44.9 Å². The van der Waals surface area contributed by atoms with E-state index in [9.17, 15) is 9.18 Å². The van der Waals surface area contributed by atoms with Crippen LogP contribution in [0.3, 0.4) is 0 Å².